The summed E-state index contributed by atoms with van der Waals surface area (Å²) in [5, 5.41) is 3.71. The molecule has 0 saturated carbocycles. The molecule has 13 heavy (non-hydrogen) atoms. The molecule has 0 atom stereocenters. The van der Waals surface area contributed by atoms with Gasteiger partial charge in [0.15, 0.2) is 0 Å². The fourth-order valence-corrected chi connectivity index (χ4v) is 1.21. The minimum absolute atomic E-state index is 0. The number of nitrogens with zero attached hydrogens (tertiary/aromatic N) is 1. The third-order valence-corrected chi connectivity index (χ3v) is 1.79. The Labute approximate surface area is 89.4 Å². The Morgan fingerprint density at radius 3 is 2.62 bits per heavy atom. The molecule has 0 aliphatic heterocycles. The number of amidine groups is 1. The van der Waals surface area contributed by atoms with E-state index in [0.717, 1.165) is 16.4 Å². The Hall–Kier alpha value is -0.730. The highest BCUT2D eigenvalue weighted by molar-refractivity contribution is 6.31. The van der Waals surface area contributed by atoms with Crippen LogP contribution in [0.3, 0.4) is 0 Å². The summed E-state index contributed by atoms with van der Waals surface area (Å²) in [5.41, 5.74) is 1.01. The molecule has 0 aromatic heterocycles. The Bertz CT molecular complexity index is 297. The monoisotopic (exact) mass is 218 g/mol. The standard InChI is InChI=1S/C9H11ClN2.ClH/c1-11-9(12-2)7-4-3-5-8(10)6-7;/h3-6H,1-2H3,(H,11,12);1H. The minimum atomic E-state index is 0. The number of hydrogen-bond donors (Lipinski definition) is 1. The zero-order valence-corrected chi connectivity index (χ0v) is 9.12. The fraction of sp³-hybridized carbons (Fsp3) is 0.222. The molecule has 1 rings (SSSR count). The van der Waals surface area contributed by atoms with Gasteiger partial charge in [-0.1, -0.05) is 23.7 Å². The zero-order chi connectivity index (χ0) is 8.97. The van der Waals surface area contributed by atoms with Crippen molar-refractivity contribution in [1.29, 1.82) is 0 Å². The van der Waals surface area contributed by atoms with Crippen LogP contribution < -0.4 is 5.32 Å². The van der Waals surface area contributed by atoms with E-state index in [1.54, 1.807) is 7.05 Å². The van der Waals surface area contributed by atoms with Gasteiger partial charge in [-0.2, -0.15) is 0 Å². The SMILES string of the molecule is CN=C(NC)c1cccc(Cl)c1.Cl. The molecule has 0 saturated heterocycles. The number of benzene rings is 1. The highest BCUT2D eigenvalue weighted by atomic mass is 35.5. The summed E-state index contributed by atoms with van der Waals surface area (Å²) in [6, 6.07) is 7.58. The second kappa shape index (κ2) is 5.84. The van der Waals surface area contributed by atoms with Crippen LogP contribution in [-0.4, -0.2) is 19.9 Å². The summed E-state index contributed by atoms with van der Waals surface area (Å²) < 4.78 is 0. The van der Waals surface area contributed by atoms with E-state index in [0.29, 0.717) is 0 Å². The van der Waals surface area contributed by atoms with Crippen LogP contribution in [0.4, 0.5) is 0 Å². The molecule has 0 fully saturated rings. The molecule has 1 N–H and O–H groups in total. The zero-order valence-electron chi connectivity index (χ0n) is 7.54. The first-order valence-electron chi connectivity index (χ1n) is 3.68. The van der Waals surface area contributed by atoms with Crippen LogP contribution in [0.1, 0.15) is 5.56 Å². The second-order valence-electron chi connectivity index (χ2n) is 2.33. The van der Waals surface area contributed by atoms with Crippen LogP contribution >= 0.6 is 24.0 Å². The molecule has 0 amide bonds. The lowest BCUT2D eigenvalue weighted by molar-refractivity contribution is 1.15. The fourth-order valence-electron chi connectivity index (χ4n) is 1.02. The van der Waals surface area contributed by atoms with E-state index in [-0.39, 0.29) is 12.4 Å². The maximum absolute atomic E-state index is 5.82. The number of halogens is 2. The van der Waals surface area contributed by atoms with Crippen molar-refractivity contribution in [2.45, 2.75) is 0 Å². The van der Waals surface area contributed by atoms with Crippen LogP contribution in [0.25, 0.3) is 0 Å². The van der Waals surface area contributed by atoms with Gasteiger partial charge in [0.1, 0.15) is 5.84 Å². The number of nitrogens with one attached hydrogen (secondary N) is 1. The number of rotatable bonds is 1. The highest BCUT2D eigenvalue weighted by Gasteiger charge is 1.98. The summed E-state index contributed by atoms with van der Waals surface area (Å²) in [5.74, 6) is 0.845. The Kier molecular flexibility index (Phi) is 5.51. The largest absolute Gasteiger partial charge is 0.373 e. The van der Waals surface area contributed by atoms with Crippen molar-refractivity contribution in [3.63, 3.8) is 0 Å². The van der Waals surface area contributed by atoms with Crippen LogP contribution in [0.5, 0.6) is 0 Å². The molecule has 0 spiro atoms. The maximum atomic E-state index is 5.82. The molecule has 0 unspecified atom stereocenters. The van der Waals surface area contributed by atoms with E-state index in [1.165, 1.54) is 0 Å². The van der Waals surface area contributed by atoms with E-state index in [4.69, 9.17) is 11.6 Å². The van der Waals surface area contributed by atoms with Gasteiger partial charge in [-0.15, -0.1) is 12.4 Å². The lowest BCUT2D eigenvalue weighted by atomic mass is 10.2. The molecule has 4 heteroatoms. The first-order valence-corrected chi connectivity index (χ1v) is 4.06. The van der Waals surface area contributed by atoms with Gasteiger partial charge in [-0.3, -0.25) is 4.99 Å². The lowest BCUT2D eigenvalue weighted by Crippen LogP contribution is -2.19. The Morgan fingerprint density at radius 1 is 1.46 bits per heavy atom. The van der Waals surface area contributed by atoms with Crippen LogP contribution in [-0.2, 0) is 0 Å². The van der Waals surface area contributed by atoms with Crippen molar-refractivity contribution < 1.29 is 0 Å². The van der Waals surface area contributed by atoms with Gasteiger partial charge >= 0.3 is 0 Å². The molecule has 0 radical (unpaired) electrons. The minimum Gasteiger partial charge on any atom is -0.373 e. The first-order chi connectivity index (χ1) is 5.77. The number of hydrogen-bond acceptors (Lipinski definition) is 1. The molecular formula is C9H12Cl2N2. The van der Waals surface area contributed by atoms with Gasteiger partial charge in [-0.25, -0.2) is 0 Å². The van der Waals surface area contributed by atoms with E-state index in [2.05, 4.69) is 10.3 Å². The van der Waals surface area contributed by atoms with Gasteiger partial charge in [0.05, 0.1) is 0 Å². The number of aliphatic imine (C=N–C) groups is 1. The Balaban J connectivity index is 0.00000144. The van der Waals surface area contributed by atoms with E-state index < -0.39 is 0 Å². The van der Waals surface area contributed by atoms with E-state index in [9.17, 15) is 0 Å². The quantitative estimate of drug-likeness (QED) is 0.569. The van der Waals surface area contributed by atoms with Crippen molar-refractivity contribution in [1.82, 2.24) is 5.32 Å². The average molecular weight is 219 g/mol. The summed E-state index contributed by atoms with van der Waals surface area (Å²) in [6.45, 7) is 0. The Morgan fingerprint density at radius 2 is 2.15 bits per heavy atom. The average Bonchev–Trinajstić information content (AvgIpc) is 2.07. The topological polar surface area (TPSA) is 24.4 Å². The smallest absolute Gasteiger partial charge is 0.127 e. The van der Waals surface area contributed by atoms with Gasteiger partial charge < -0.3 is 5.32 Å². The van der Waals surface area contributed by atoms with Crippen molar-refractivity contribution in [3.05, 3.63) is 34.9 Å². The molecule has 0 bridgehead atoms. The van der Waals surface area contributed by atoms with Crippen LogP contribution in [0.15, 0.2) is 29.3 Å². The molecule has 1 aromatic rings. The lowest BCUT2D eigenvalue weighted by Gasteiger charge is -2.04. The second-order valence-corrected chi connectivity index (χ2v) is 2.77. The van der Waals surface area contributed by atoms with Gasteiger partial charge in [0.2, 0.25) is 0 Å². The summed E-state index contributed by atoms with van der Waals surface area (Å²) in [6.07, 6.45) is 0. The first kappa shape index (κ1) is 12.3. The van der Waals surface area contributed by atoms with Crippen molar-refractivity contribution >= 4 is 29.8 Å². The molecule has 2 nitrogen and oxygen atoms in total. The molecule has 0 aliphatic carbocycles. The molecule has 0 aliphatic rings. The van der Waals surface area contributed by atoms with Crippen molar-refractivity contribution in [2.24, 2.45) is 4.99 Å². The van der Waals surface area contributed by atoms with Gasteiger partial charge in [0, 0.05) is 24.7 Å². The van der Waals surface area contributed by atoms with Gasteiger partial charge in [-0.05, 0) is 12.1 Å². The van der Waals surface area contributed by atoms with Crippen molar-refractivity contribution in [3.8, 4) is 0 Å². The molecule has 0 heterocycles. The molecular weight excluding hydrogens is 207 g/mol. The van der Waals surface area contributed by atoms with Crippen molar-refractivity contribution in [2.75, 3.05) is 14.1 Å². The van der Waals surface area contributed by atoms with Gasteiger partial charge in [0.25, 0.3) is 0 Å². The summed E-state index contributed by atoms with van der Waals surface area (Å²) >= 11 is 5.82. The van der Waals surface area contributed by atoms with Crippen LogP contribution in [0.2, 0.25) is 5.02 Å². The summed E-state index contributed by atoms with van der Waals surface area (Å²) in [4.78, 5) is 4.06. The molecule has 1 aromatic carbocycles. The third kappa shape index (κ3) is 3.25. The normalized spacial score (nSPS) is 10.5. The van der Waals surface area contributed by atoms with E-state index >= 15 is 0 Å². The third-order valence-electron chi connectivity index (χ3n) is 1.56. The molecule has 72 valence electrons. The summed E-state index contributed by atoms with van der Waals surface area (Å²) in [7, 11) is 3.58. The van der Waals surface area contributed by atoms with Crippen LogP contribution in [0, 0.1) is 0 Å². The van der Waals surface area contributed by atoms with E-state index in [1.807, 2.05) is 31.3 Å². The predicted molar refractivity (Wildman–Crippen MR) is 60.2 cm³/mol. The highest BCUT2D eigenvalue weighted by Crippen LogP contribution is 2.10. The maximum Gasteiger partial charge on any atom is 0.127 e. The predicted octanol–water partition coefficient (Wildman–Crippen LogP) is 2.36.